The van der Waals surface area contributed by atoms with Gasteiger partial charge in [0.15, 0.2) is 0 Å². The van der Waals surface area contributed by atoms with Crippen molar-refractivity contribution in [3.8, 4) is 5.69 Å². The van der Waals surface area contributed by atoms with Gasteiger partial charge in [-0.05, 0) is 36.4 Å². The molecule has 5 heteroatoms. The Morgan fingerprint density at radius 3 is 2.74 bits per heavy atom. The number of rotatable bonds is 3. The molecule has 1 aromatic carbocycles. The van der Waals surface area contributed by atoms with Crippen molar-refractivity contribution in [2.24, 2.45) is 0 Å². The molecule has 1 aliphatic heterocycles. The predicted molar refractivity (Wildman–Crippen MR) is 80.3 cm³/mol. The largest absolute Gasteiger partial charge is 0.381 e. The second kappa shape index (κ2) is 5.17. The fraction of sp³-hybridized carbons (Fsp3) is 0.357. The number of thioether (sulfide) groups is 1. The molecule has 3 rings (SSSR count). The van der Waals surface area contributed by atoms with E-state index >= 15 is 0 Å². The summed E-state index contributed by atoms with van der Waals surface area (Å²) in [5, 5.41) is 4.22. The zero-order valence-electron chi connectivity index (χ0n) is 10.8. The second-order valence-electron chi connectivity index (χ2n) is 4.80. The summed E-state index contributed by atoms with van der Waals surface area (Å²) in [5.74, 6) is 1.23. The zero-order valence-corrected chi connectivity index (χ0v) is 11.6. The van der Waals surface area contributed by atoms with Crippen LogP contribution in [0.5, 0.6) is 0 Å². The first-order valence-corrected chi connectivity index (χ1v) is 7.53. The molecule has 100 valence electrons. The van der Waals surface area contributed by atoms with E-state index in [-0.39, 0.29) is 5.69 Å². The van der Waals surface area contributed by atoms with Crippen LogP contribution in [0.1, 0.15) is 13.3 Å². The summed E-state index contributed by atoms with van der Waals surface area (Å²) in [6.45, 7) is 2.27. The van der Waals surface area contributed by atoms with Crippen molar-refractivity contribution in [3.63, 3.8) is 0 Å². The average molecular weight is 275 g/mol. The lowest BCUT2D eigenvalue weighted by molar-refractivity contribution is 0.724. The maximum absolute atomic E-state index is 11.5. The highest BCUT2D eigenvalue weighted by molar-refractivity contribution is 8.00. The quantitative estimate of drug-likeness (QED) is 0.904. The Morgan fingerprint density at radius 2 is 2.16 bits per heavy atom. The number of benzene rings is 1. The highest BCUT2D eigenvalue weighted by atomic mass is 32.2. The van der Waals surface area contributed by atoms with Crippen LogP contribution in [0.3, 0.4) is 0 Å². The third-order valence-corrected chi connectivity index (χ3v) is 4.85. The zero-order chi connectivity index (χ0) is 13.2. The van der Waals surface area contributed by atoms with E-state index in [9.17, 15) is 4.79 Å². The normalized spacial score (nSPS) is 22.6. The standard InChI is InChI=1S/C14H17N3OS/c1-10-13(6-9-19-10)16-11-2-4-12(5-3-11)17-8-7-15-14(17)18/h2-5,7-8,10,13,16H,6,9H2,1H3,(H,15,18). The third-order valence-electron chi connectivity index (χ3n) is 3.52. The molecule has 0 amide bonds. The van der Waals surface area contributed by atoms with E-state index in [2.05, 4.69) is 17.2 Å². The summed E-state index contributed by atoms with van der Waals surface area (Å²) in [7, 11) is 0. The van der Waals surface area contributed by atoms with Crippen molar-refractivity contribution in [2.75, 3.05) is 11.1 Å². The smallest absolute Gasteiger partial charge is 0.330 e. The van der Waals surface area contributed by atoms with Gasteiger partial charge in [-0.2, -0.15) is 11.8 Å². The van der Waals surface area contributed by atoms with E-state index in [0.717, 1.165) is 11.4 Å². The Hall–Kier alpha value is -1.62. The van der Waals surface area contributed by atoms with Gasteiger partial charge in [-0.3, -0.25) is 4.57 Å². The van der Waals surface area contributed by atoms with Crippen molar-refractivity contribution in [1.82, 2.24) is 9.55 Å². The van der Waals surface area contributed by atoms with Crippen LogP contribution >= 0.6 is 11.8 Å². The van der Waals surface area contributed by atoms with Crippen molar-refractivity contribution >= 4 is 17.4 Å². The van der Waals surface area contributed by atoms with Crippen LogP contribution in [-0.4, -0.2) is 26.6 Å². The van der Waals surface area contributed by atoms with Gasteiger partial charge in [-0.1, -0.05) is 6.92 Å². The van der Waals surface area contributed by atoms with E-state index in [4.69, 9.17) is 0 Å². The number of H-pyrrole nitrogens is 1. The van der Waals surface area contributed by atoms with E-state index in [0.29, 0.717) is 11.3 Å². The van der Waals surface area contributed by atoms with Crippen molar-refractivity contribution in [1.29, 1.82) is 0 Å². The lowest BCUT2D eigenvalue weighted by Crippen LogP contribution is -2.24. The third kappa shape index (κ3) is 2.56. The van der Waals surface area contributed by atoms with Gasteiger partial charge < -0.3 is 10.3 Å². The molecular formula is C14H17N3OS. The summed E-state index contributed by atoms with van der Waals surface area (Å²) < 4.78 is 1.60. The highest BCUT2D eigenvalue weighted by Crippen LogP contribution is 2.28. The van der Waals surface area contributed by atoms with Gasteiger partial charge in [0.25, 0.3) is 0 Å². The van der Waals surface area contributed by atoms with Crippen molar-refractivity contribution in [3.05, 3.63) is 47.1 Å². The Bertz CT molecular complexity index is 602. The van der Waals surface area contributed by atoms with Crippen LogP contribution in [0.2, 0.25) is 0 Å². The minimum absolute atomic E-state index is 0.110. The minimum atomic E-state index is -0.110. The van der Waals surface area contributed by atoms with Crippen molar-refractivity contribution < 1.29 is 0 Å². The van der Waals surface area contributed by atoms with E-state index in [1.54, 1.807) is 17.0 Å². The monoisotopic (exact) mass is 275 g/mol. The number of nitrogens with zero attached hydrogens (tertiary/aromatic N) is 1. The number of imidazole rings is 1. The maximum atomic E-state index is 11.5. The molecular weight excluding hydrogens is 258 g/mol. The molecule has 1 saturated heterocycles. The number of hydrogen-bond acceptors (Lipinski definition) is 3. The Kier molecular flexibility index (Phi) is 3.38. The number of aromatic amines is 1. The summed E-state index contributed by atoms with van der Waals surface area (Å²) in [5.41, 5.74) is 1.89. The van der Waals surface area contributed by atoms with Crippen LogP contribution in [-0.2, 0) is 0 Å². The summed E-state index contributed by atoms with van der Waals surface area (Å²) >= 11 is 2.02. The molecule has 0 radical (unpaired) electrons. The summed E-state index contributed by atoms with van der Waals surface area (Å²) in [6, 6.07) is 8.54. The number of nitrogens with one attached hydrogen (secondary N) is 2. The van der Waals surface area contributed by atoms with Crippen LogP contribution in [0.25, 0.3) is 5.69 Å². The Balaban J connectivity index is 1.76. The second-order valence-corrected chi connectivity index (χ2v) is 6.28. The molecule has 1 fully saturated rings. The molecule has 2 heterocycles. The Labute approximate surface area is 116 Å². The van der Waals surface area contributed by atoms with Crippen LogP contribution in [0, 0.1) is 0 Å². The first kappa shape index (κ1) is 12.4. The highest BCUT2D eigenvalue weighted by Gasteiger charge is 2.23. The van der Waals surface area contributed by atoms with E-state index < -0.39 is 0 Å². The Morgan fingerprint density at radius 1 is 1.37 bits per heavy atom. The maximum Gasteiger partial charge on any atom is 0.330 e. The number of aromatic nitrogens is 2. The number of anilines is 1. The summed E-state index contributed by atoms with van der Waals surface area (Å²) in [6.07, 6.45) is 4.59. The van der Waals surface area contributed by atoms with Crippen LogP contribution < -0.4 is 11.0 Å². The van der Waals surface area contributed by atoms with Gasteiger partial charge in [0.05, 0.1) is 5.69 Å². The molecule has 0 bridgehead atoms. The molecule has 0 saturated carbocycles. The van der Waals surface area contributed by atoms with Gasteiger partial charge >= 0.3 is 5.69 Å². The molecule has 2 unspecified atom stereocenters. The van der Waals surface area contributed by atoms with E-state index in [1.165, 1.54) is 12.2 Å². The van der Waals surface area contributed by atoms with Gasteiger partial charge in [0.1, 0.15) is 0 Å². The van der Waals surface area contributed by atoms with Gasteiger partial charge in [0.2, 0.25) is 0 Å². The molecule has 1 aromatic heterocycles. The molecule has 19 heavy (non-hydrogen) atoms. The van der Waals surface area contributed by atoms with Crippen molar-refractivity contribution in [2.45, 2.75) is 24.6 Å². The molecule has 1 aliphatic rings. The van der Waals surface area contributed by atoms with Crippen LogP contribution in [0.4, 0.5) is 5.69 Å². The van der Waals surface area contributed by atoms with E-state index in [1.807, 2.05) is 36.0 Å². The summed E-state index contributed by atoms with van der Waals surface area (Å²) in [4.78, 5) is 14.2. The predicted octanol–water partition coefficient (Wildman–Crippen LogP) is 2.47. The molecule has 4 nitrogen and oxygen atoms in total. The molecule has 2 N–H and O–H groups in total. The van der Waals surface area contributed by atoms with Gasteiger partial charge in [-0.25, -0.2) is 4.79 Å². The fourth-order valence-electron chi connectivity index (χ4n) is 2.38. The van der Waals surface area contributed by atoms with Crippen LogP contribution in [0.15, 0.2) is 41.5 Å². The topological polar surface area (TPSA) is 49.8 Å². The first-order chi connectivity index (χ1) is 9.24. The lowest BCUT2D eigenvalue weighted by atomic mass is 10.1. The number of hydrogen-bond donors (Lipinski definition) is 2. The SMILES string of the molecule is CC1SCCC1Nc1ccc(-n2cc[nH]c2=O)cc1. The molecule has 2 atom stereocenters. The lowest BCUT2D eigenvalue weighted by Gasteiger charge is -2.18. The molecule has 0 aliphatic carbocycles. The van der Waals surface area contributed by atoms with Gasteiger partial charge in [0, 0.05) is 29.4 Å². The molecule has 2 aromatic rings. The average Bonchev–Trinajstić information content (AvgIpc) is 3.00. The van der Waals surface area contributed by atoms with Gasteiger partial charge in [-0.15, -0.1) is 0 Å². The molecule has 0 spiro atoms. The fourth-order valence-corrected chi connectivity index (χ4v) is 3.58. The minimum Gasteiger partial charge on any atom is -0.381 e. The first-order valence-electron chi connectivity index (χ1n) is 6.48.